The first-order valence-electron chi connectivity index (χ1n) is 8.09. The van der Waals surface area contributed by atoms with E-state index < -0.39 is 0 Å². The lowest BCUT2D eigenvalue weighted by atomic mass is 10.1. The minimum atomic E-state index is -0.252. The Labute approximate surface area is 128 Å². The first-order valence-corrected chi connectivity index (χ1v) is 8.09. The second-order valence-corrected chi connectivity index (χ2v) is 5.79. The van der Waals surface area contributed by atoms with E-state index in [9.17, 15) is 9.59 Å². The van der Waals surface area contributed by atoms with E-state index in [-0.39, 0.29) is 17.3 Å². The normalized spacial score (nSPS) is 16.5. The number of nitrogens with one attached hydrogen (secondary N) is 1. The molecule has 0 aromatic carbocycles. The van der Waals surface area contributed by atoms with Crippen molar-refractivity contribution in [3.05, 3.63) is 27.2 Å². The lowest BCUT2D eigenvalue weighted by Gasteiger charge is -2.24. The van der Waals surface area contributed by atoms with Crippen LogP contribution in [0, 0.1) is 0 Å². The topological polar surface area (TPSA) is 73.8 Å². The molecule has 1 N–H and O–H groups in total. The van der Waals surface area contributed by atoms with Gasteiger partial charge in [0.25, 0.3) is 5.56 Å². The van der Waals surface area contributed by atoms with Crippen molar-refractivity contribution in [1.82, 2.24) is 24.0 Å². The van der Waals surface area contributed by atoms with Crippen LogP contribution < -0.4 is 16.6 Å². The first-order chi connectivity index (χ1) is 10.7. The number of rotatable bonds is 4. The smallest absolute Gasteiger partial charge is 0.322 e. The lowest BCUT2D eigenvalue weighted by molar-refractivity contribution is 0.373. The zero-order chi connectivity index (χ0) is 15.7. The van der Waals surface area contributed by atoms with Crippen LogP contribution in [0.2, 0.25) is 0 Å². The minimum absolute atomic E-state index is 0.217. The summed E-state index contributed by atoms with van der Waals surface area (Å²) in [7, 11) is 0. The van der Waals surface area contributed by atoms with Gasteiger partial charge in [-0.1, -0.05) is 6.92 Å². The van der Waals surface area contributed by atoms with Gasteiger partial charge < -0.3 is 9.88 Å². The van der Waals surface area contributed by atoms with Crippen molar-refractivity contribution in [2.75, 3.05) is 13.1 Å². The van der Waals surface area contributed by atoms with Gasteiger partial charge in [0.1, 0.15) is 0 Å². The average molecular weight is 305 g/mol. The van der Waals surface area contributed by atoms with E-state index in [1.807, 2.05) is 18.4 Å². The Balaban J connectivity index is 2.27. The highest BCUT2D eigenvalue weighted by Gasteiger charge is 2.22. The van der Waals surface area contributed by atoms with Gasteiger partial charge in [-0.3, -0.25) is 13.9 Å². The lowest BCUT2D eigenvalue weighted by Crippen LogP contribution is -2.40. The maximum Gasteiger partial charge on any atom is 0.332 e. The molecule has 1 aliphatic heterocycles. The molecule has 7 nitrogen and oxygen atoms in total. The third-order valence-electron chi connectivity index (χ3n) is 4.41. The number of aromatic nitrogens is 4. The molecule has 0 atom stereocenters. The molecular formula is C15H23N5O2. The molecule has 1 fully saturated rings. The van der Waals surface area contributed by atoms with Gasteiger partial charge in [-0.2, -0.15) is 0 Å². The van der Waals surface area contributed by atoms with E-state index in [2.05, 4.69) is 10.3 Å². The molecule has 120 valence electrons. The molecular weight excluding hydrogens is 282 g/mol. The van der Waals surface area contributed by atoms with E-state index in [1.54, 1.807) is 10.9 Å². The number of fused-ring (bicyclic) bond motifs is 1. The Morgan fingerprint density at radius 2 is 1.95 bits per heavy atom. The van der Waals surface area contributed by atoms with Crippen molar-refractivity contribution >= 4 is 11.2 Å². The fourth-order valence-corrected chi connectivity index (χ4v) is 3.27. The predicted octanol–water partition coefficient (Wildman–Crippen LogP) is 0.714. The fourth-order valence-electron chi connectivity index (χ4n) is 3.27. The summed E-state index contributed by atoms with van der Waals surface area (Å²) in [5, 5.41) is 3.33. The summed E-state index contributed by atoms with van der Waals surface area (Å²) in [6.45, 7) is 6.70. The Morgan fingerprint density at radius 1 is 1.23 bits per heavy atom. The summed E-state index contributed by atoms with van der Waals surface area (Å²) < 4.78 is 4.94. The Bertz CT molecular complexity index is 780. The van der Waals surface area contributed by atoms with Crippen molar-refractivity contribution in [2.24, 2.45) is 0 Å². The number of nitrogens with zero attached hydrogens (tertiary/aromatic N) is 4. The van der Waals surface area contributed by atoms with Crippen molar-refractivity contribution in [2.45, 2.75) is 52.2 Å². The van der Waals surface area contributed by atoms with Gasteiger partial charge in [-0.25, -0.2) is 9.78 Å². The summed E-state index contributed by atoms with van der Waals surface area (Å²) in [6, 6.07) is 0.275. The van der Waals surface area contributed by atoms with E-state index in [1.165, 1.54) is 4.57 Å². The molecule has 2 aromatic rings. The van der Waals surface area contributed by atoms with Gasteiger partial charge in [0.05, 0.1) is 6.33 Å². The minimum Gasteiger partial charge on any atom is -0.322 e. The Kier molecular flexibility index (Phi) is 4.15. The predicted molar refractivity (Wildman–Crippen MR) is 85.4 cm³/mol. The van der Waals surface area contributed by atoms with E-state index in [0.717, 1.165) is 32.4 Å². The molecule has 0 saturated carbocycles. The van der Waals surface area contributed by atoms with Gasteiger partial charge in [0.2, 0.25) is 0 Å². The highest BCUT2D eigenvalue weighted by atomic mass is 16.2. The first kappa shape index (κ1) is 15.0. The molecule has 3 rings (SSSR count). The third kappa shape index (κ3) is 2.29. The highest BCUT2D eigenvalue weighted by molar-refractivity contribution is 5.70. The molecule has 1 saturated heterocycles. The molecule has 22 heavy (non-hydrogen) atoms. The average Bonchev–Trinajstić information content (AvgIpc) is 2.98. The summed E-state index contributed by atoms with van der Waals surface area (Å²) in [5.74, 6) is 0. The maximum absolute atomic E-state index is 12.7. The van der Waals surface area contributed by atoms with Crippen LogP contribution in [0.25, 0.3) is 11.2 Å². The summed E-state index contributed by atoms with van der Waals surface area (Å²) in [6.07, 6.45) is 4.51. The number of aryl methyl sites for hydroxylation is 1. The van der Waals surface area contributed by atoms with Crippen molar-refractivity contribution < 1.29 is 0 Å². The van der Waals surface area contributed by atoms with E-state index >= 15 is 0 Å². The zero-order valence-corrected chi connectivity index (χ0v) is 13.2. The van der Waals surface area contributed by atoms with Crippen molar-refractivity contribution in [3.63, 3.8) is 0 Å². The fraction of sp³-hybridized carbons (Fsp3) is 0.667. The number of hydrogen-bond donors (Lipinski definition) is 1. The standard InChI is InChI=1S/C15H23N5O2/c1-3-9-19-13-12(14(21)18(4-2)15(19)22)20(10-17-13)11-5-7-16-8-6-11/h10-11,16H,3-9H2,1-2H3. The molecule has 0 spiro atoms. The van der Waals surface area contributed by atoms with Gasteiger partial charge in [-0.15, -0.1) is 0 Å². The van der Waals surface area contributed by atoms with Crippen molar-refractivity contribution in [3.8, 4) is 0 Å². The number of hydrogen-bond acceptors (Lipinski definition) is 4. The second-order valence-electron chi connectivity index (χ2n) is 5.79. The largest absolute Gasteiger partial charge is 0.332 e. The van der Waals surface area contributed by atoms with Crippen LogP contribution in [0.15, 0.2) is 15.9 Å². The molecule has 0 bridgehead atoms. The Hall–Kier alpha value is -1.89. The van der Waals surface area contributed by atoms with Gasteiger partial charge in [0.15, 0.2) is 11.2 Å². The molecule has 0 amide bonds. The SMILES string of the molecule is CCCn1c(=O)n(CC)c(=O)c2c1ncn2C1CCNCC1. The van der Waals surface area contributed by atoms with Crippen LogP contribution in [-0.2, 0) is 13.1 Å². The summed E-state index contributed by atoms with van der Waals surface area (Å²) in [5.41, 5.74) is 0.630. The molecule has 1 aliphatic rings. The summed E-state index contributed by atoms with van der Waals surface area (Å²) in [4.78, 5) is 29.6. The maximum atomic E-state index is 12.7. The number of imidazole rings is 1. The van der Waals surface area contributed by atoms with Gasteiger partial charge >= 0.3 is 5.69 Å². The third-order valence-corrected chi connectivity index (χ3v) is 4.41. The van der Waals surface area contributed by atoms with Crippen LogP contribution in [-0.4, -0.2) is 31.8 Å². The van der Waals surface area contributed by atoms with E-state index in [4.69, 9.17) is 0 Å². The van der Waals surface area contributed by atoms with E-state index in [0.29, 0.717) is 24.3 Å². The molecule has 0 aliphatic carbocycles. The number of piperidine rings is 1. The Morgan fingerprint density at radius 3 is 2.59 bits per heavy atom. The monoisotopic (exact) mass is 305 g/mol. The molecule has 2 aromatic heterocycles. The molecule has 0 unspecified atom stereocenters. The molecule has 0 radical (unpaired) electrons. The molecule has 3 heterocycles. The van der Waals surface area contributed by atoms with Gasteiger partial charge in [-0.05, 0) is 39.3 Å². The van der Waals surface area contributed by atoms with Crippen LogP contribution >= 0.6 is 0 Å². The van der Waals surface area contributed by atoms with Crippen LogP contribution in [0.1, 0.15) is 39.2 Å². The van der Waals surface area contributed by atoms with Crippen molar-refractivity contribution in [1.29, 1.82) is 0 Å². The highest BCUT2D eigenvalue weighted by Crippen LogP contribution is 2.21. The van der Waals surface area contributed by atoms with Gasteiger partial charge in [0, 0.05) is 19.1 Å². The van der Waals surface area contributed by atoms with Crippen LogP contribution in [0.4, 0.5) is 0 Å². The van der Waals surface area contributed by atoms with Crippen LogP contribution in [0.5, 0.6) is 0 Å². The quantitative estimate of drug-likeness (QED) is 0.903. The molecule has 7 heteroatoms. The zero-order valence-electron chi connectivity index (χ0n) is 13.2. The van der Waals surface area contributed by atoms with Crippen LogP contribution in [0.3, 0.4) is 0 Å². The summed E-state index contributed by atoms with van der Waals surface area (Å²) >= 11 is 0. The second kappa shape index (κ2) is 6.08.